The summed E-state index contributed by atoms with van der Waals surface area (Å²) in [6, 6.07) is 8.08. The molecule has 0 aromatic heterocycles. The SMILES string of the molecule is CCNC(=NCCCNS(C)(=O)=O)N(C)Cc1ccccc1Br. The van der Waals surface area contributed by atoms with Gasteiger partial charge in [0.15, 0.2) is 5.96 Å². The molecule has 0 fully saturated rings. The Balaban J connectivity index is 2.58. The lowest BCUT2D eigenvalue weighted by molar-refractivity contribution is 0.475. The smallest absolute Gasteiger partial charge is 0.208 e. The van der Waals surface area contributed by atoms with Crippen molar-refractivity contribution in [2.45, 2.75) is 19.9 Å². The van der Waals surface area contributed by atoms with Crippen LogP contribution in [0.25, 0.3) is 0 Å². The van der Waals surface area contributed by atoms with E-state index >= 15 is 0 Å². The van der Waals surface area contributed by atoms with Crippen molar-refractivity contribution >= 4 is 31.9 Å². The van der Waals surface area contributed by atoms with Gasteiger partial charge in [0.1, 0.15) is 0 Å². The second kappa shape index (κ2) is 9.89. The molecular weight excluding hydrogens is 380 g/mol. The number of guanidine groups is 1. The molecule has 0 radical (unpaired) electrons. The van der Waals surface area contributed by atoms with E-state index in [1.54, 1.807) is 0 Å². The van der Waals surface area contributed by atoms with Crippen LogP contribution in [0.4, 0.5) is 0 Å². The van der Waals surface area contributed by atoms with E-state index in [1.165, 1.54) is 5.56 Å². The first-order valence-electron chi connectivity index (χ1n) is 7.51. The summed E-state index contributed by atoms with van der Waals surface area (Å²) in [5.74, 6) is 0.808. The molecule has 0 aliphatic rings. The third kappa shape index (κ3) is 8.34. The Kier molecular flexibility index (Phi) is 8.57. The highest BCUT2D eigenvalue weighted by atomic mass is 79.9. The van der Waals surface area contributed by atoms with Gasteiger partial charge in [0.2, 0.25) is 10.0 Å². The number of nitrogens with zero attached hydrogens (tertiary/aromatic N) is 2. The van der Waals surface area contributed by atoms with Gasteiger partial charge in [-0.2, -0.15) is 0 Å². The van der Waals surface area contributed by atoms with Gasteiger partial charge in [0, 0.05) is 37.7 Å². The van der Waals surface area contributed by atoms with Gasteiger partial charge in [-0.05, 0) is 25.0 Å². The number of hydrogen-bond donors (Lipinski definition) is 2. The number of nitrogens with one attached hydrogen (secondary N) is 2. The van der Waals surface area contributed by atoms with Gasteiger partial charge in [0.25, 0.3) is 0 Å². The molecule has 0 aliphatic heterocycles. The molecular formula is C15H25BrN4O2S. The fourth-order valence-electron chi connectivity index (χ4n) is 1.95. The summed E-state index contributed by atoms with van der Waals surface area (Å²) in [6.07, 6.45) is 1.82. The van der Waals surface area contributed by atoms with Crippen molar-refractivity contribution in [1.29, 1.82) is 0 Å². The van der Waals surface area contributed by atoms with E-state index in [2.05, 4.69) is 37.0 Å². The Bertz CT molecular complexity index is 620. The molecule has 0 unspecified atom stereocenters. The summed E-state index contributed by atoms with van der Waals surface area (Å²) in [5, 5.41) is 3.25. The van der Waals surface area contributed by atoms with E-state index in [9.17, 15) is 8.42 Å². The predicted molar refractivity (Wildman–Crippen MR) is 99.1 cm³/mol. The number of sulfonamides is 1. The van der Waals surface area contributed by atoms with Crippen LogP contribution in [0.15, 0.2) is 33.7 Å². The lowest BCUT2D eigenvalue weighted by Gasteiger charge is -2.22. The Hall–Kier alpha value is -1.12. The van der Waals surface area contributed by atoms with Crippen molar-refractivity contribution in [2.75, 3.05) is 32.9 Å². The first-order valence-corrected chi connectivity index (χ1v) is 10.2. The van der Waals surface area contributed by atoms with E-state index in [1.807, 2.05) is 37.1 Å². The average molecular weight is 405 g/mol. The van der Waals surface area contributed by atoms with Crippen LogP contribution in [0.3, 0.4) is 0 Å². The minimum atomic E-state index is -3.13. The number of hydrogen-bond acceptors (Lipinski definition) is 3. The Morgan fingerprint density at radius 3 is 2.65 bits per heavy atom. The highest BCUT2D eigenvalue weighted by molar-refractivity contribution is 9.10. The highest BCUT2D eigenvalue weighted by Crippen LogP contribution is 2.17. The van der Waals surface area contributed by atoms with Gasteiger partial charge in [0.05, 0.1) is 6.26 Å². The van der Waals surface area contributed by atoms with Crippen molar-refractivity contribution in [3.63, 3.8) is 0 Å². The zero-order chi connectivity index (χ0) is 17.3. The van der Waals surface area contributed by atoms with E-state index in [4.69, 9.17) is 0 Å². The van der Waals surface area contributed by atoms with Crippen LogP contribution in [-0.2, 0) is 16.6 Å². The Labute approximate surface area is 147 Å². The molecule has 23 heavy (non-hydrogen) atoms. The summed E-state index contributed by atoms with van der Waals surface area (Å²) in [5.41, 5.74) is 1.18. The van der Waals surface area contributed by atoms with Gasteiger partial charge in [-0.15, -0.1) is 0 Å². The van der Waals surface area contributed by atoms with Gasteiger partial charge in [-0.1, -0.05) is 34.1 Å². The third-order valence-corrected chi connectivity index (χ3v) is 4.52. The zero-order valence-corrected chi connectivity index (χ0v) is 16.2. The third-order valence-electron chi connectivity index (χ3n) is 3.02. The molecule has 130 valence electrons. The maximum Gasteiger partial charge on any atom is 0.208 e. The van der Waals surface area contributed by atoms with Gasteiger partial charge in [-0.25, -0.2) is 13.1 Å². The summed E-state index contributed by atoms with van der Waals surface area (Å²) < 4.78 is 25.5. The van der Waals surface area contributed by atoms with Crippen LogP contribution in [0.5, 0.6) is 0 Å². The second-order valence-corrected chi connectivity index (χ2v) is 7.89. The van der Waals surface area contributed by atoms with Gasteiger partial charge in [-0.3, -0.25) is 4.99 Å². The summed E-state index contributed by atoms with van der Waals surface area (Å²) in [6.45, 7) is 4.49. The monoisotopic (exact) mass is 404 g/mol. The number of benzene rings is 1. The molecule has 0 amide bonds. The molecule has 2 N–H and O–H groups in total. The quantitative estimate of drug-likeness (QED) is 0.393. The van der Waals surface area contributed by atoms with E-state index < -0.39 is 10.0 Å². The topological polar surface area (TPSA) is 73.8 Å². The van der Waals surface area contributed by atoms with E-state index in [0.29, 0.717) is 19.5 Å². The van der Waals surface area contributed by atoms with Crippen LogP contribution in [0.2, 0.25) is 0 Å². The maximum absolute atomic E-state index is 11.0. The van der Waals surface area contributed by atoms with E-state index in [0.717, 1.165) is 29.8 Å². The van der Waals surface area contributed by atoms with Crippen LogP contribution < -0.4 is 10.0 Å². The largest absolute Gasteiger partial charge is 0.357 e. The molecule has 1 rings (SSSR count). The minimum absolute atomic E-state index is 0.398. The molecule has 1 aromatic carbocycles. The molecule has 0 heterocycles. The molecule has 0 aliphatic carbocycles. The van der Waals surface area contributed by atoms with E-state index in [-0.39, 0.29) is 0 Å². The first kappa shape index (κ1) is 19.9. The number of rotatable bonds is 8. The van der Waals surface area contributed by atoms with Crippen molar-refractivity contribution in [3.8, 4) is 0 Å². The van der Waals surface area contributed by atoms with Gasteiger partial charge < -0.3 is 10.2 Å². The van der Waals surface area contributed by atoms with Crippen molar-refractivity contribution in [3.05, 3.63) is 34.3 Å². The molecule has 0 atom stereocenters. The van der Waals surface area contributed by atoms with Crippen molar-refractivity contribution in [1.82, 2.24) is 14.9 Å². The summed E-state index contributed by atoms with van der Waals surface area (Å²) in [4.78, 5) is 6.59. The first-order chi connectivity index (χ1) is 10.8. The number of halogens is 1. The second-order valence-electron chi connectivity index (χ2n) is 5.20. The molecule has 8 heteroatoms. The molecule has 0 saturated carbocycles. The maximum atomic E-state index is 11.0. The molecule has 0 bridgehead atoms. The minimum Gasteiger partial charge on any atom is -0.357 e. The van der Waals surface area contributed by atoms with Crippen LogP contribution >= 0.6 is 15.9 Å². The lowest BCUT2D eigenvalue weighted by atomic mass is 10.2. The Morgan fingerprint density at radius 1 is 1.35 bits per heavy atom. The Morgan fingerprint density at radius 2 is 2.04 bits per heavy atom. The predicted octanol–water partition coefficient (Wildman–Crippen LogP) is 1.79. The normalized spacial score (nSPS) is 12.3. The molecule has 0 saturated heterocycles. The standard InChI is InChI=1S/C15H25BrN4O2S/c1-4-17-15(18-10-7-11-19-23(3,21)22)20(2)12-13-8-5-6-9-14(13)16/h5-6,8-9,19H,4,7,10-12H2,1-3H3,(H,17,18). The average Bonchev–Trinajstić information content (AvgIpc) is 2.47. The highest BCUT2D eigenvalue weighted by Gasteiger charge is 2.08. The summed E-state index contributed by atoms with van der Waals surface area (Å²) in [7, 11) is -1.14. The summed E-state index contributed by atoms with van der Waals surface area (Å²) >= 11 is 3.55. The molecule has 6 nitrogen and oxygen atoms in total. The molecule has 0 spiro atoms. The van der Waals surface area contributed by atoms with Crippen LogP contribution in [-0.4, -0.2) is 52.2 Å². The fraction of sp³-hybridized carbons (Fsp3) is 0.533. The van der Waals surface area contributed by atoms with Gasteiger partial charge >= 0.3 is 0 Å². The van der Waals surface area contributed by atoms with Crippen LogP contribution in [0, 0.1) is 0 Å². The fourth-order valence-corrected chi connectivity index (χ4v) is 2.87. The van der Waals surface area contributed by atoms with Crippen molar-refractivity contribution in [2.24, 2.45) is 4.99 Å². The van der Waals surface area contributed by atoms with Crippen molar-refractivity contribution < 1.29 is 8.42 Å². The zero-order valence-electron chi connectivity index (χ0n) is 13.8. The lowest BCUT2D eigenvalue weighted by Crippen LogP contribution is -2.38. The molecule has 1 aromatic rings. The van der Waals surface area contributed by atoms with Crippen LogP contribution in [0.1, 0.15) is 18.9 Å². The number of aliphatic imine (C=N–C) groups is 1.